The molecule has 0 spiro atoms. The molecule has 0 saturated carbocycles. The maximum atomic E-state index is 12.6. The first kappa shape index (κ1) is 21.1. The van der Waals surface area contributed by atoms with E-state index in [1.807, 2.05) is 24.3 Å². The van der Waals surface area contributed by atoms with Gasteiger partial charge in [-0.05, 0) is 55.8 Å². The molecule has 0 aliphatic carbocycles. The van der Waals surface area contributed by atoms with Crippen LogP contribution in [-0.4, -0.2) is 44.7 Å². The maximum Gasteiger partial charge on any atom is 0.255 e. The Morgan fingerprint density at radius 3 is 2.33 bits per heavy atom. The van der Waals surface area contributed by atoms with Gasteiger partial charge in [-0.25, -0.2) is 0 Å². The van der Waals surface area contributed by atoms with Gasteiger partial charge < -0.3 is 14.8 Å². The predicted octanol–water partition coefficient (Wildman–Crippen LogP) is 3.69. The number of nitrogens with one attached hydrogen (secondary N) is 1. The number of hydrogen-bond acceptors (Lipinski definition) is 4. The molecule has 27 heavy (non-hydrogen) atoms. The van der Waals surface area contributed by atoms with Crippen LogP contribution in [0.25, 0.3) is 0 Å². The van der Waals surface area contributed by atoms with Gasteiger partial charge in [-0.2, -0.15) is 0 Å². The number of para-hydroxylation sites is 1. The molecule has 0 bridgehead atoms. The molecule has 2 aromatic carbocycles. The number of benzene rings is 2. The number of ether oxygens (including phenoxy) is 2. The zero-order chi connectivity index (χ0) is 18.4. The fourth-order valence-corrected chi connectivity index (χ4v) is 3.45. The molecule has 1 aliphatic rings. The summed E-state index contributed by atoms with van der Waals surface area (Å²) in [7, 11) is 3.25. The average molecular weight is 391 g/mol. The first-order valence-electron chi connectivity index (χ1n) is 9.02. The van der Waals surface area contributed by atoms with Gasteiger partial charge in [-0.1, -0.05) is 24.3 Å². The van der Waals surface area contributed by atoms with Crippen LogP contribution in [-0.2, 0) is 0 Å². The minimum absolute atomic E-state index is 0. The van der Waals surface area contributed by atoms with Crippen molar-refractivity contribution in [3.8, 4) is 11.5 Å². The van der Waals surface area contributed by atoms with Crippen LogP contribution < -0.4 is 14.8 Å². The van der Waals surface area contributed by atoms with Gasteiger partial charge >= 0.3 is 0 Å². The molecule has 1 amide bonds. The summed E-state index contributed by atoms with van der Waals surface area (Å²) < 4.78 is 10.6. The van der Waals surface area contributed by atoms with Gasteiger partial charge in [0.05, 0.1) is 25.8 Å². The van der Waals surface area contributed by atoms with E-state index in [9.17, 15) is 4.79 Å². The number of halogens is 1. The smallest absolute Gasteiger partial charge is 0.255 e. The number of amides is 1. The highest BCUT2D eigenvalue weighted by atomic mass is 35.5. The van der Waals surface area contributed by atoms with Gasteiger partial charge in [0.25, 0.3) is 5.91 Å². The standard InChI is InChI=1S/C21H26N2O3.ClH/c1-25-17-11-9-16(10-12-17)19(23-13-5-6-14-23)15-22-21(24)18-7-3-4-8-20(18)26-2;/h3-4,7-12,19H,5-6,13-15H2,1-2H3,(H,22,24);1H. The Morgan fingerprint density at radius 1 is 1.04 bits per heavy atom. The number of nitrogens with zero attached hydrogens (tertiary/aromatic N) is 1. The van der Waals surface area contributed by atoms with Crippen LogP contribution >= 0.6 is 12.4 Å². The lowest BCUT2D eigenvalue weighted by Gasteiger charge is -2.28. The minimum Gasteiger partial charge on any atom is -0.497 e. The van der Waals surface area contributed by atoms with Crippen molar-refractivity contribution in [2.24, 2.45) is 0 Å². The second-order valence-corrected chi connectivity index (χ2v) is 6.44. The molecule has 0 radical (unpaired) electrons. The first-order valence-corrected chi connectivity index (χ1v) is 9.02. The second kappa shape index (κ2) is 10.2. The van der Waals surface area contributed by atoms with Gasteiger partial charge in [-0.3, -0.25) is 9.69 Å². The molecule has 5 nitrogen and oxygen atoms in total. The topological polar surface area (TPSA) is 50.8 Å². The lowest BCUT2D eigenvalue weighted by Crippen LogP contribution is -2.36. The Labute approximate surface area is 167 Å². The molecule has 1 saturated heterocycles. The third kappa shape index (κ3) is 5.15. The van der Waals surface area contributed by atoms with Crippen molar-refractivity contribution in [2.75, 3.05) is 33.9 Å². The zero-order valence-electron chi connectivity index (χ0n) is 15.8. The number of methoxy groups -OCH3 is 2. The lowest BCUT2D eigenvalue weighted by atomic mass is 10.0. The van der Waals surface area contributed by atoms with E-state index in [0.29, 0.717) is 17.9 Å². The van der Waals surface area contributed by atoms with E-state index in [-0.39, 0.29) is 24.4 Å². The molecule has 146 valence electrons. The normalized spacial score (nSPS) is 14.9. The minimum atomic E-state index is -0.111. The molecule has 0 aromatic heterocycles. The summed E-state index contributed by atoms with van der Waals surface area (Å²) in [4.78, 5) is 15.1. The quantitative estimate of drug-likeness (QED) is 0.783. The molecule has 6 heteroatoms. The molecule has 1 fully saturated rings. The number of carbonyl (C=O) groups is 1. The predicted molar refractivity (Wildman–Crippen MR) is 109 cm³/mol. The van der Waals surface area contributed by atoms with E-state index in [4.69, 9.17) is 9.47 Å². The molecule has 3 rings (SSSR count). The molecule has 1 aliphatic heterocycles. The number of hydrogen-bond donors (Lipinski definition) is 1. The first-order chi connectivity index (χ1) is 12.7. The highest BCUT2D eigenvalue weighted by Gasteiger charge is 2.24. The third-order valence-corrected chi connectivity index (χ3v) is 4.89. The van der Waals surface area contributed by atoms with Crippen LogP contribution in [0.3, 0.4) is 0 Å². The van der Waals surface area contributed by atoms with Gasteiger partial charge in [0.2, 0.25) is 0 Å². The van der Waals surface area contributed by atoms with Crippen molar-refractivity contribution in [2.45, 2.75) is 18.9 Å². The van der Waals surface area contributed by atoms with Gasteiger partial charge in [-0.15, -0.1) is 12.4 Å². The Hall–Kier alpha value is -2.24. The fourth-order valence-electron chi connectivity index (χ4n) is 3.45. The van der Waals surface area contributed by atoms with Gasteiger partial charge in [0.1, 0.15) is 11.5 Å². The van der Waals surface area contributed by atoms with E-state index in [1.54, 1.807) is 26.4 Å². The molecule has 1 unspecified atom stereocenters. The van der Waals surface area contributed by atoms with Crippen LogP contribution in [0.1, 0.15) is 34.8 Å². The summed E-state index contributed by atoms with van der Waals surface area (Å²) in [6.07, 6.45) is 2.40. The van der Waals surface area contributed by atoms with Crippen LogP contribution in [0.4, 0.5) is 0 Å². The van der Waals surface area contributed by atoms with E-state index < -0.39 is 0 Å². The Morgan fingerprint density at radius 2 is 1.70 bits per heavy atom. The average Bonchev–Trinajstić information content (AvgIpc) is 3.23. The zero-order valence-corrected chi connectivity index (χ0v) is 16.6. The van der Waals surface area contributed by atoms with Crippen LogP contribution in [0.2, 0.25) is 0 Å². The highest BCUT2D eigenvalue weighted by molar-refractivity contribution is 5.96. The van der Waals surface area contributed by atoms with Crippen molar-refractivity contribution in [1.29, 1.82) is 0 Å². The Bertz CT molecular complexity index is 730. The lowest BCUT2D eigenvalue weighted by molar-refractivity contribution is 0.0935. The number of likely N-dealkylation sites (tertiary alicyclic amines) is 1. The van der Waals surface area contributed by atoms with Crippen molar-refractivity contribution in [3.63, 3.8) is 0 Å². The fraction of sp³-hybridized carbons (Fsp3) is 0.381. The van der Waals surface area contributed by atoms with Crippen LogP contribution in [0.5, 0.6) is 11.5 Å². The Balaban J connectivity index is 0.00000261. The number of carbonyl (C=O) groups excluding carboxylic acids is 1. The Kier molecular flexibility index (Phi) is 7.95. The van der Waals surface area contributed by atoms with Gasteiger partial charge in [0, 0.05) is 6.54 Å². The summed E-state index contributed by atoms with van der Waals surface area (Å²) in [6, 6.07) is 15.6. The molecular formula is C21H27ClN2O3. The summed E-state index contributed by atoms with van der Waals surface area (Å²) in [5, 5.41) is 3.09. The monoisotopic (exact) mass is 390 g/mol. The van der Waals surface area contributed by atoms with Gasteiger partial charge in [0.15, 0.2) is 0 Å². The van der Waals surface area contributed by atoms with E-state index in [1.165, 1.54) is 18.4 Å². The van der Waals surface area contributed by atoms with E-state index in [2.05, 4.69) is 22.3 Å². The van der Waals surface area contributed by atoms with Crippen molar-refractivity contribution in [3.05, 3.63) is 59.7 Å². The summed E-state index contributed by atoms with van der Waals surface area (Å²) in [6.45, 7) is 2.67. The molecular weight excluding hydrogens is 364 g/mol. The van der Waals surface area contributed by atoms with E-state index in [0.717, 1.165) is 18.8 Å². The van der Waals surface area contributed by atoms with Crippen molar-refractivity contribution in [1.82, 2.24) is 10.2 Å². The van der Waals surface area contributed by atoms with E-state index >= 15 is 0 Å². The van der Waals surface area contributed by atoms with Crippen LogP contribution in [0.15, 0.2) is 48.5 Å². The summed E-state index contributed by atoms with van der Waals surface area (Å²) in [5.41, 5.74) is 1.75. The number of rotatable bonds is 7. The largest absolute Gasteiger partial charge is 0.497 e. The summed E-state index contributed by atoms with van der Waals surface area (Å²) in [5.74, 6) is 1.32. The molecule has 1 heterocycles. The highest BCUT2D eigenvalue weighted by Crippen LogP contribution is 2.26. The SMILES string of the molecule is COc1ccc(C(CNC(=O)c2ccccc2OC)N2CCCC2)cc1.Cl. The summed E-state index contributed by atoms with van der Waals surface area (Å²) >= 11 is 0. The van der Waals surface area contributed by atoms with Crippen molar-refractivity contribution >= 4 is 18.3 Å². The maximum absolute atomic E-state index is 12.6. The third-order valence-electron chi connectivity index (χ3n) is 4.89. The van der Waals surface area contributed by atoms with Crippen molar-refractivity contribution < 1.29 is 14.3 Å². The molecule has 1 N–H and O–H groups in total. The second-order valence-electron chi connectivity index (χ2n) is 6.44. The molecule has 2 aromatic rings. The molecule has 1 atom stereocenters. The van der Waals surface area contributed by atoms with Crippen LogP contribution in [0, 0.1) is 0 Å².